The van der Waals surface area contributed by atoms with Crippen LogP contribution in [0.1, 0.15) is 37.2 Å². The maximum Gasteiger partial charge on any atom is 0.287 e. The standard InChI is InChI=1S/C25H31N5O3/c31-24(19-9-13-29(14-10-19)25-6-5-20(15-27-25)30(32)33)17-28-11-7-18(8-12-28)22-16-26-23-4-2-1-3-21(22)23/h1-6,15-16,18-19,24,26,31H,7-14,17H2. The molecule has 8 nitrogen and oxygen atoms in total. The summed E-state index contributed by atoms with van der Waals surface area (Å²) in [5.41, 5.74) is 2.65. The topological polar surface area (TPSA) is 98.5 Å². The zero-order valence-corrected chi connectivity index (χ0v) is 18.8. The smallest absolute Gasteiger partial charge is 0.287 e. The Morgan fingerprint density at radius 3 is 2.55 bits per heavy atom. The molecule has 4 heterocycles. The zero-order chi connectivity index (χ0) is 22.8. The fourth-order valence-corrected chi connectivity index (χ4v) is 5.46. The Morgan fingerprint density at radius 2 is 1.85 bits per heavy atom. The highest BCUT2D eigenvalue weighted by Crippen LogP contribution is 2.33. The van der Waals surface area contributed by atoms with Gasteiger partial charge < -0.3 is 19.9 Å². The van der Waals surface area contributed by atoms with Crippen molar-refractivity contribution < 1.29 is 10.0 Å². The van der Waals surface area contributed by atoms with Gasteiger partial charge in [-0.2, -0.15) is 0 Å². The van der Waals surface area contributed by atoms with Gasteiger partial charge in [0.15, 0.2) is 0 Å². The second-order valence-corrected chi connectivity index (χ2v) is 9.39. The molecule has 0 amide bonds. The molecule has 0 radical (unpaired) electrons. The fourth-order valence-electron chi connectivity index (χ4n) is 5.46. The average molecular weight is 450 g/mol. The molecule has 2 aromatic heterocycles. The van der Waals surface area contributed by atoms with Crippen LogP contribution in [0.15, 0.2) is 48.8 Å². The maximum atomic E-state index is 10.9. The van der Waals surface area contributed by atoms with Crippen LogP contribution < -0.4 is 4.90 Å². The van der Waals surface area contributed by atoms with Crippen LogP contribution in [0.5, 0.6) is 0 Å². The molecule has 0 bridgehead atoms. The van der Waals surface area contributed by atoms with Crippen LogP contribution in [-0.4, -0.2) is 63.7 Å². The summed E-state index contributed by atoms with van der Waals surface area (Å²) in [7, 11) is 0. The molecule has 2 fully saturated rings. The number of nitrogens with zero attached hydrogens (tertiary/aromatic N) is 4. The van der Waals surface area contributed by atoms with Crippen LogP contribution in [0, 0.1) is 16.0 Å². The lowest BCUT2D eigenvalue weighted by atomic mass is 9.87. The van der Waals surface area contributed by atoms with Crippen molar-refractivity contribution in [2.75, 3.05) is 37.6 Å². The van der Waals surface area contributed by atoms with Gasteiger partial charge in [-0.1, -0.05) is 18.2 Å². The van der Waals surface area contributed by atoms with Crippen LogP contribution in [0.25, 0.3) is 10.9 Å². The second-order valence-electron chi connectivity index (χ2n) is 9.39. The van der Waals surface area contributed by atoms with Crippen molar-refractivity contribution in [3.63, 3.8) is 0 Å². The van der Waals surface area contributed by atoms with E-state index in [1.807, 2.05) is 0 Å². The molecule has 2 N–H and O–H groups in total. The third-order valence-corrected chi connectivity index (χ3v) is 7.44. The highest BCUT2D eigenvalue weighted by Gasteiger charge is 2.29. The summed E-state index contributed by atoms with van der Waals surface area (Å²) in [6, 6.07) is 11.7. The minimum atomic E-state index is -0.428. The molecule has 1 atom stereocenters. The number of H-pyrrole nitrogens is 1. The lowest BCUT2D eigenvalue weighted by Gasteiger charge is -2.38. The SMILES string of the molecule is O=[N+]([O-])c1ccc(N2CCC(C(O)CN3CCC(c4c[nH]c5ccccc45)CC3)CC2)nc1. The summed E-state index contributed by atoms with van der Waals surface area (Å²) < 4.78 is 0. The predicted octanol–water partition coefficient (Wildman–Crippen LogP) is 3.93. The number of pyridine rings is 1. The normalized spacial score (nSPS) is 19.7. The van der Waals surface area contributed by atoms with Gasteiger partial charge in [-0.25, -0.2) is 4.98 Å². The van der Waals surface area contributed by atoms with Crippen LogP contribution in [0.4, 0.5) is 11.5 Å². The third kappa shape index (κ3) is 4.72. The monoisotopic (exact) mass is 449 g/mol. The summed E-state index contributed by atoms with van der Waals surface area (Å²) in [6.45, 7) is 4.41. The molecule has 33 heavy (non-hydrogen) atoms. The van der Waals surface area contributed by atoms with E-state index in [0.29, 0.717) is 5.92 Å². The molecular formula is C25H31N5O3. The van der Waals surface area contributed by atoms with E-state index in [1.165, 1.54) is 28.7 Å². The maximum absolute atomic E-state index is 10.9. The second kappa shape index (κ2) is 9.49. The van der Waals surface area contributed by atoms with Gasteiger partial charge in [0.25, 0.3) is 5.69 Å². The molecule has 1 aromatic carbocycles. The van der Waals surface area contributed by atoms with Gasteiger partial charge in [0.1, 0.15) is 12.0 Å². The highest BCUT2D eigenvalue weighted by atomic mass is 16.6. The van der Waals surface area contributed by atoms with E-state index < -0.39 is 4.92 Å². The van der Waals surface area contributed by atoms with E-state index in [4.69, 9.17) is 0 Å². The summed E-state index contributed by atoms with van der Waals surface area (Å²) in [5.74, 6) is 1.63. The fraction of sp³-hybridized carbons (Fsp3) is 0.480. The van der Waals surface area contributed by atoms with Gasteiger partial charge in [0, 0.05) is 42.8 Å². The first-order chi connectivity index (χ1) is 16.1. The number of hydrogen-bond donors (Lipinski definition) is 2. The summed E-state index contributed by atoms with van der Waals surface area (Å²) in [4.78, 5) is 22.6. The molecule has 3 aromatic rings. The minimum absolute atomic E-state index is 0.0116. The average Bonchev–Trinajstić information content (AvgIpc) is 3.29. The van der Waals surface area contributed by atoms with E-state index in [0.717, 1.165) is 64.2 Å². The largest absolute Gasteiger partial charge is 0.392 e. The highest BCUT2D eigenvalue weighted by molar-refractivity contribution is 5.83. The molecule has 8 heteroatoms. The number of rotatable bonds is 6. The van der Waals surface area contributed by atoms with Crippen LogP contribution in [0.3, 0.4) is 0 Å². The Morgan fingerprint density at radius 1 is 1.09 bits per heavy atom. The Labute approximate surface area is 193 Å². The quantitative estimate of drug-likeness (QED) is 0.437. The Kier molecular flexibility index (Phi) is 6.28. The van der Waals surface area contributed by atoms with E-state index >= 15 is 0 Å². The lowest BCUT2D eigenvalue weighted by molar-refractivity contribution is -0.385. The molecule has 2 aliphatic rings. The third-order valence-electron chi connectivity index (χ3n) is 7.44. The van der Waals surface area contributed by atoms with Crippen LogP contribution in [0.2, 0.25) is 0 Å². The molecule has 5 rings (SSSR count). The van der Waals surface area contributed by atoms with Gasteiger partial charge in [0.05, 0.1) is 11.0 Å². The summed E-state index contributed by atoms with van der Waals surface area (Å²) in [6.07, 6.45) is 7.24. The van der Waals surface area contributed by atoms with Crippen molar-refractivity contribution in [3.8, 4) is 0 Å². The first-order valence-corrected chi connectivity index (χ1v) is 11.9. The molecule has 2 saturated heterocycles. The number of hydrogen-bond acceptors (Lipinski definition) is 6. The number of fused-ring (bicyclic) bond motifs is 1. The molecule has 1 unspecified atom stereocenters. The van der Waals surface area contributed by atoms with Crippen molar-refractivity contribution in [1.82, 2.24) is 14.9 Å². The van der Waals surface area contributed by atoms with E-state index in [9.17, 15) is 15.2 Å². The van der Waals surface area contributed by atoms with E-state index in [1.54, 1.807) is 6.07 Å². The molecular weight excluding hydrogens is 418 g/mol. The number of β-amino-alcohol motifs (C(OH)–C–C–N with tert-alkyl or cyclic N) is 1. The molecule has 0 aliphatic carbocycles. The van der Waals surface area contributed by atoms with Gasteiger partial charge in [0.2, 0.25) is 0 Å². The number of piperidine rings is 2. The Hall–Kier alpha value is -2.97. The van der Waals surface area contributed by atoms with Gasteiger partial charge in [-0.05, 0) is 68.3 Å². The van der Waals surface area contributed by atoms with Crippen LogP contribution in [-0.2, 0) is 0 Å². The summed E-state index contributed by atoms with van der Waals surface area (Å²) >= 11 is 0. The number of benzene rings is 1. The van der Waals surface area contributed by atoms with Crippen molar-refractivity contribution >= 4 is 22.4 Å². The number of nitro groups is 1. The number of aliphatic hydroxyl groups is 1. The summed E-state index contributed by atoms with van der Waals surface area (Å²) in [5, 5.41) is 23.1. The number of nitrogens with one attached hydrogen (secondary N) is 1. The molecule has 174 valence electrons. The minimum Gasteiger partial charge on any atom is -0.392 e. The Balaban J connectivity index is 1.09. The number of aliphatic hydroxyl groups excluding tert-OH is 1. The van der Waals surface area contributed by atoms with Crippen molar-refractivity contribution in [2.24, 2.45) is 5.92 Å². The lowest BCUT2D eigenvalue weighted by Crippen LogP contribution is -2.44. The van der Waals surface area contributed by atoms with Gasteiger partial charge >= 0.3 is 0 Å². The zero-order valence-electron chi connectivity index (χ0n) is 18.8. The van der Waals surface area contributed by atoms with Gasteiger partial charge in [-0.15, -0.1) is 0 Å². The van der Waals surface area contributed by atoms with E-state index in [-0.39, 0.29) is 17.7 Å². The van der Waals surface area contributed by atoms with E-state index in [2.05, 4.69) is 50.2 Å². The predicted molar refractivity (Wildman–Crippen MR) is 129 cm³/mol. The van der Waals surface area contributed by atoms with Crippen molar-refractivity contribution in [1.29, 1.82) is 0 Å². The number of likely N-dealkylation sites (tertiary alicyclic amines) is 1. The molecule has 0 saturated carbocycles. The van der Waals surface area contributed by atoms with Gasteiger partial charge in [-0.3, -0.25) is 10.1 Å². The van der Waals surface area contributed by atoms with Crippen molar-refractivity contribution in [2.45, 2.75) is 37.7 Å². The number of anilines is 1. The number of aromatic amines is 1. The van der Waals surface area contributed by atoms with Crippen molar-refractivity contribution in [3.05, 3.63) is 64.5 Å². The Bertz CT molecular complexity index is 1080. The molecule has 0 spiro atoms. The molecule has 2 aliphatic heterocycles. The first-order valence-electron chi connectivity index (χ1n) is 11.9. The first kappa shape index (κ1) is 21.9. The number of aromatic nitrogens is 2. The number of para-hydroxylation sites is 1. The van der Waals surface area contributed by atoms with Crippen LogP contribution >= 0.6 is 0 Å².